The Morgan fingerprint density at radius 2 is 0.745 bits per heavy atom. The van der Waals surface area contributed by atoms with Gasteiger partial charge in [-0.05, 0) is 128 Å². The lowest BCUT2D eigenvalue weighted by atomic mass is 9.69. The molecule has 12 rings (SSSR count). The number of hydrogen-bond donors (Lipinski definition) is 0. The first-order valence-corrected chi connectivity index (χ1v) is 17.9. The van der Waals surface area contributed by atoms with E-state index >= 15 is 0 Å². The molecule has 51 heavy (non-hydrogen) atoms. The Balaban J connectivity index is 1.22. The molecule has 2 aliphatic rings. The maximum Gasteiger partial charge on any atom is 0.0726 e. The Hall–Kier alpha value is -6.50. The molecule has 0 unspecified atom stereocenters. The van der Waals surface area contributed by atoms with Crippen molar-refractivity contribution in [1.82, 2.24) is 0 Å². The second-order valence-electron chi connectivity index (χ2n) is 14.3. The van der Waals surface area contributed by atoms with Crippen molar-refractivity contribution in [2.75, 3.05) is 0 Å². The van der Waals surface area contributed by atoms with Gasteiger partial charge in [-0.1, -0.05) is 164 Å². The van der Waals surface area contributed by atoms with Gasteiger partial charge in [-0.25, -0.2) is 0 Å². The molecule has 0 heteroatoms. The van der Waals surface area contributed by atoms with Crippen LogP contribution in [0.4, 0.5) is 0 Å². The van der Waals surface area contributed by atoms with Gasteiger partial charge in [-0.3, -0.25) is 0 Å². The van der Waals surface area contributed by atoms with Crippen LogP contribution in [0.2, 0.25) is 0 Å². The predicted molar refractivity (Wildman–Crippen MR) is 216 cm³/mol. The van der Waals surface area contributed by atoms with Crippen molar-refractivity contribution in [3.8, 4) is 33.4 Å². The van der Waals surface area contributed by atoms with Crippen LogP contribution < -0.4 is 0 Å². The summed E-state index contributed by atoms with van der Waals surface area (Å²) in [7, 11) is 0. The fraction of sp³-hybridized carbons (Fsp3) is 0.0196. The van der Waals surface area contributed by atoms with Crippen molar-refractivity contribution in [2.45, 2.75) is 5.41 Å². The molecule has 0 heterocycles. The van der Waals surface area contributed by atoms with Crippen LogP contribution in [0.5, 0.6) is 0 Å². The molecule has 0 bridgehead atoms. The quantitative estimate of drug-likeness (QED) is 0.130. The van der Waals surface area contributed by atoms with Crippen LogP contribution in [0, 0.1) is 0 Å². The van der Waals surface area contributed by atoms with Gasteiger partial charge >= 0.3 is 0 Å². The summed E-state index contributed by atoms with van der Waals surface area (Å²) in [6.07, 6.45) is 0. The standard InChI is InChI=1S/C51H30/c1-2-13-33-28-34(26-24-31(33)12-1)47-39-17-3-5-19-41(39)48(42-20-6-4-18-40(42)47)36-29-35-27-25-32-14-11-23-45-49(32)50(35)46(30-36)51(45)43-21-9-7-15-37(43)38-16-8-10-22-44(38)51/h1-30H. The van der Waals surface area contributed by atoms with Crippen molar-refractivity contribution in [3.63, 3.8) is 0 Å². The third-order valence-electron chi connectivity index (χ3n) is 12.0. The molecule has 0 aliphatic heterocycles. The van der Waals surface area contributed by atoms with E-state index in [0.717, 1.165) is 0 Å². The minimum atomic E-state index is -0.388. The van der Waals surface area contributed by atoms with Gasteiger partial charge in [0.1, 0.15) is 0 Å². The molecule has 0 aromatic heterocycles. The SMILES string of the molecule is c1ccc2c(c1)-c1ccccc1C21c2cccc3ccc4cc(-c5c6ccccc6c(-c6ccc7ccccc7c6)c6ccccc56)cc1c4c23. The normalized spacial score (nSPS) is 13.6. The van der Waals surface area contributed by atoms with E-state index < -0.39 is 0 Å². The average Bonchev–Trinajstić information content (AvgIpc) is 3.67. The summed E-state index contributed by atoms with van der Waals surface area (Å²) in [6.45, 7) is 0. The topological polar surface area (TPSA) is 0 Å². The monoisotopic (exact) mass is 642 g/mol. The van der Waals surface area contributed by atoms with Gasteiger partial charge in [0.25, 0.3) is 0 Å². The molecular weight excluding hydrogens is 613 g/mol. The molecule has 0 atom stereocenters. The van der Waals surface area contributed by atoms with E-state index in [9.17, 15) is 0 Å². The molecule has 2 aliphatic carbocycles. The summed E-state index contributed by atoms with van der Waals surface area (Å²) >= 11 is 0. The van der Waals surface area contributed by atoms with E-state index in [2.05, 4.69) is 182 Å². The third kappa shape index (κ3) is 3.40. The Bertz CT molecular complexity index is 3040. The molecular formula is C51H30. The first kappa shape index (κ1) is 27.3. The summed E-state index contributed by atoms with van der Waals surface area (Å²) in [5.41, 5.74) is 13.0. The Kier molecular flexibility index (Phi) is 5.26. The van der Waals surface area contributed by atoms with E-state index in [1.54, 1.807) is 0 Å². The third-order valence-corrected chi connectivity index (χ3v) is 12.0. The smallest absolute Gasteiger partial charge is 0.0619 e. The van der Waals surface area contributed by atoms with Crippen molar-refractivity contribution in [2.24, 2.45) is 0 Å². The highest BCUT2D eigenvalue weighted by molar-refractivity contribution is 6.24. The molecule has 234 valence electrons. The van der Waals surface area contributed by atoms with Gasteiger partial charge in [0, 0.05) is 0 Å². The first-order chi connectivity index (χ1) is 25.3. The molecule has 0 saturated heterocycles. The fourth-order valence-corrected chi connectivity index (χ4v) is 10.1. The second kappa shape index (κ2) is 9.81. The molecule has 0 nitrogen and oxygen atoms in total. The van der Waals surface area contributed by atoms with Crippen LogP contribution in [0.1, 0.15) is 22.3 Å². The highest BCUT2D eigenvalue weighted by atomic mass is 14.5. The zero-order chi connectivity index (χ0) is 33.3. The van der Waals surface area contributed by atoms with E-state index in [1.165, 1.54) is 109 Å². The number of rotatable bonds is 2. The van der Waals surface area contributed by atoms with E-state index in [0.29, 0.717) is 0 Å². The van der Waals surface area contributed by atoms with Crippen LogP contribution in [-0.2, 0) is 5.41 Å². The molecule has 0 N–H and O–H groups in total. The van der Waals surface area contributed by atoms with Gasteiger partial charge < -0.3 is 0 Å². The lowest BCUT2D eigenvalue weighted by Crippen LogP contribution is -2.26. The van der Waals surface area contributed by atoms with Crippen molar-refractivity contribution < 1.29 is 0 Å². The molecule has 0 amide bonds. The lowest BCUT2D eigenvalue weighted by molar-refractivity contribution is 0.797. The van der Waals surface area contributed by atoms with Crippen LogP contribution in [0.3, 0.4) is 0 Å². The first-order valence-electron chi connectivity index (χ1n) is 17.9. The summed E-state index contributed by atoms with van der Waals surface area (Å²) in [6, 6.07) is 68.6. The molecule has 10 aromatic rings. The minimum absolute atomic E-state index is 0.388. The number of fused-ring (bicyclic) bond motifs is 10. The number of hydrogen-bond acceptors (Lipinski definition) is 0. The maximum absolute atomic E-state index is 2.56. The van der Waals surface area contributed by atoms with Crippen molar-refractivity contribution in [1.29, 1.82) is 0 Å². The summed E-state index contributed by atoms with van der Waals surface area (Å²) < 4.78 is 0. The fourth-order valence-electron chi connectivity index (χ4n) is 10.1. The summed E-state index contributed by atoms with van der Waals surface area (Å²) in [5.74, 6) is 0. The highest BCUT2D eigenvalue weighted by Crippen LogP contribution is 2.63. The maximum atomic E-state index is 2.56. The van der Waals surface area contributed by atoms with Gasteiger partial charge in [0.2, 0.25) is 0 Å². The van der Waals surface area contributed by atoms with Gasteiger partial charge in [-0.2, -0.15) is 0 Å². The molecule has 0 fully saturated rings. The van der Waals surface area contributed by atoms with Crippen molar-refractivity contribution >= 4 is 53.9 Å². The Labute approximate surface area is 295 Å². The average molecular weight is 643 g/mol. The second-order valence-corrected chi connectivity index (χ2v) is 14.3. The van der Waals surface area contributed by atoms with E-state index in [-0.39, 0.29) is 5.41 Å². The Morgan fingerprint density at radius 1 is 0.275 bits per heavy atom. The van der Waals surface area contributed by atoms with Crippen LogP contribution in [-0.4, -0.2) is 0 Å². The van der Waals surface area contributed by atoms with Gasteiger partial charge in [0.15, 0.2) is 0 Å². The van der Waals surface area contributed by atoms with Gasteiger partial charge in [0.05, 0.1) is 5.41 Å². The summed E-state index contributed by atoms with van der Waals surface area (Å²) in [4.78, 5) is 0. The molecule has 0 saturated carbocycles. The number of benzene rings is 10. The molecule has 10 aromatic carbocycles. The summed E-state index contributed by atoms with van der Waals surface area (Å²) in [5, 5.41) is 13.0. The van der Waals surface area contributed by atoms with Crippen molar-refractivity contribution in [3.05, 3.63) is 204 Å². The molecule has 1 spiro atoms. The van der Waals surface area contributed by atoms with Crippen LogP contribution >= 0.6 is 0 Å². The predicted octanol–water partition coefficient (Wildman–Crippen LogP) is 13.5. The Morgan fingerprint density at radius 3 is 1.43 bits per heavy atom. The highest BCUT2D eigenvalue weighted by Gasteiger charge is 2.50. The zero-order valence-electron chi connectivity index (χ0n) is 27.8. The van der Waals surface area contributed by atoms with E-state index in [4.69, 9.17) is 0 Å². The minimum Gasteiger partial charge on any atom is -0.0619 e. The zero-order valence-corrected chi connectivity index (χ0v) is 27.8. The van der Waals surface area contributed by atoms with Crippen LogP contribution in [0.15, 0.2) is 182 Å². The van der Waals surface area contributed by atoms with Crippen LogP contribution in [0.25, 0.3) is 87.2 Å². The van der Waals surface area contributed by atoms with E-state index in [1.807, 2.05) is 0 Å². The lowest BCUT2D eigenvalue weighted by Gasteiger charge is -2.31. The largest absolute Gasteiger partial charge is 0.0726 e. The molecule has 0 radical (unpaired) electrons. The van der Waals surface area contributed by atoms with Gasteiger partial charge in [-0.15, -0.1) is 0 Å².